The Labute approximate surface area is 150 Å². The van der Waals surface area contributed by atoms with Gasteiger partial charge in [-0.1, -0.05) is 18.6 Å². The van der Waals surface area contributed by atoms with Crippen LogP contribution in [0, 0.1) is 0 Å². The molecule has 0 saturated heterocycles. The predicted molar refractivity (Wildman–Crippen MR) is 73.6 cm³/mol. The summed E-state index contributed by atoms with van der Waals surface area (Å²) in [7, 11) is 0. The number of hydrogen-bond acceptors (Lipinski definition) is 5. The van der Waals surface area contributed by atoms with E-state index in [1.165, 1.54) is 12.1 Å². The molecule has 134 valence electrons. The summed E-state index contributed by atoms with van der Waals surface area (Å²) in [4.78, 5) is 20.4. The van der Waals surface area contributed by atoms with E-state index >= 15 is 0 Å². The van der Waals surface area contributed by atoms with Crippen LogP contribution in [-0.2, 0) is 38.9 Å². The van der Waals surface area contributed by atoms with Crippen molar-refractivity contribution >= 4 is 11.9 Å². The molecule has 1 aromatic carbocycles. The Kier molecular flexibility index (Phi) is 17.4. The van der Waals surface area contributed by atoms with Gasteiger partial charge in [0.1, 0.15) is 17.4 Å². The Hall–Kier alpha value is -1.08. The van der Waals surface area contributed by atoms with Crippen molar-refractivity contribution in [1.82, 2.24) is 0 Å². The number of carboxylic acid groups (broad SMARTS) is 2. The standard InChI is InChI=1S/C7H6O3.C6H14N2O2.2Cu/c8-6-4-2-1-3-5(6)7(9)10;7-4-2-1-3-5(8)6(9)10;;/h1-4,8H,(H,9,10);5H,1-4,7-8H2,(H,9,10);;. The average molecular weight is 411 g/mol. The average Bonchev–Trinajstić information content (AvgIpc) is 2.39. The molecule has 0 aromatic heterocycles. The van der Waals surface area contributed by atoms with Gasteiger partial charge in [0, 0.05) is 34.1 Å². The van der Waals surface area contributed by atoms with Gasteiger partial charge >= 0.3 is 11.9 Å². The molecule has 0 spiro atoms. The minimum Gasteiger partial charge on any atom is -0.507 e. The van der Waals surface area contributed by atoms with E-state index in [4.69, 9.17) is 26.8 Å². The van der Waals surface area contributed by atoms with Crippen molar-refractivity contribution in [3.8, 4) is 5.75 Å². The largest absolute Gasteiger partial charge is 0.507 e. The van der Waals surface area contributed by atoms with Crippen LogP contribution < -0.4 is 11.5 Å². The van der Waals surface area contributed by atoms with E-state index in [1.807, 2.05) is 0 Å². The van der Waals surface area contributed by atoms with E-state index in [0.29, 0.717) is 13.0 Å². The van der Waals surface area contributed by atoms with E-state index in [0.717, 1.165) is 12.8 Å². The van der Waals surface area contributed by atoms with Gasteiger partial charge in [0.15, 0.2) is 0 Å². The zero-order valence-corrected chi connectivity index (χ0v) is 13.5. The van der Waals surface area contributed by atoms with Crippen LogP contribution in [0.5, 0.6) is 5.75 Å². The van der Waals surface area contributed by atoms with Gasteiger partial charge in [-0.2, -0.15) is 0 Å². The zero-order chi connectivity index (χ0) is 15.5. The summed E-state index contributed by atoms with van der Waals surface area (Å²) in [6.07, 6.45) is 2.16. The van der Waals surface area contributed by atoms with E-state index in [2.05, 4.69) is 0 Å². The number of carboxylic acids is 2. The van der Waals surface area contributed by atoms with Gasteiger partial charge in [-0.25, -0.2) is 4.79 Å². The molecule has 1 aromatic rings. The van der Waals surface area contributed by atoms with Crippen LogP contribution in [0.15, 0.2) is 24.3 Å². The van der Waals surface area contributed by atoms with Gasteiger partial charge in [-0.15, -0.1) is 0 Å². The number of aromatic hydroxyl groups is 1. The van der Waals surface area contributed by atoms with E-state index in [1.54, 1.807) is 12.1 Å². The Morgan fingerprint density at radius 3 is 2.00 bits per heavy atom. The van der Waals surface area contributed by atoms with Crippen LogP contribution in [-0.4, -0.2) is 39.8 Å². The summed E-state index contributed by atoms with van der Waals surface area (Å²) in [5.74, 6) is -2.25. The van der Waals surface area contributed by atoms with E-state index in [-0.39, 0.29) is 45.5 Å². The molecular formula is C13H20Cu2N2O5. The fourth-order valence-electron chi connectivity index (χ4n) is 1.29. The molecule has 0 aliphatic carbocycles. The third-order valence-electron chi connectivity index (χ3n) is 2.42. The number of unbranched alkanes of at least 4 members (excludes halogenated alkanes) is 1. The maximum atomic E-state index is 10.3. The van der Waals surface area contributed by atoms with Crippen LogP contribution in [0.3, 0.4) is 0 Å². The van der Waals surface area contributed by atoms with Crippen molar-refractivity contribution in [2.75, 3.05) is 6.54 Å². The zero-order valence-electron chi connectivity index (χ0n) is 11.6. The first-order valence-corrected chi connectivity index (χ1v) is 6.09. The number of benzene rings is 1. The Morgan fingerprint density at radius 2 is 1.64 bits per heavy atom. The molecule has 9 heteroatoms. The molecule has 0 aliphatic rings. The minimum atomic E-state index is -1.11. The van der Waals surface area contributed by atoms with Crippen molar-refractivity contribution in [1.29, 1.82) is 0 Å². The van der Waals surface area contributed by atoms with Gasteiger partial charge < -0.3 is 26.8 Å². The van der Waals surface area contributed by atoms with Gasteiger partial charge in [0.25, 0.3) is 0 Å². The number of carbonyl (C=O) groups is 2. The molecule has 0 bridgehead atoms. The smallest absolute Gasteiger partial charge is 0.339 e. The Bertz CT molecular complexity index is 446. The number of aliphatic carboxylic acids is 1. The molecule has 1 atom stereocenters. The molecule has 0 aliphatic heterocycles. The molecule has 0 fully saturated rings. The molecule has 2 radical (unpaired) electrons. The van der Waals surface area contributed by atoms with Crippen molar-refractivity contribution in [3.63, 3.8) is 0 Å². The monoisotopic (exact) mass is 410 g/mol. The molecule has 0 amide bonds. The second-order valence-corrected chi connectivity index (χ2v) is 4.05. The molecule has 0 heterocycles. The van der Waals surface area contributed by atoms with Gasteiger partial charge in [0.2, 0.25) is 0 Å². The first-order valence-electron chi connectivity index (χ1n) is 6.09. The third kappa shape index (κ3) is 11.6. The molecule has 1 unspecified atom stereocenters. The Morgan fingerprint density at radius 1 is 1.09 bits per heavy atom. The number of phenols is 1. The normalized spacial score (nSPS) is 10.1. The van der Waals surface area contributed by atoms with Crippen LogP contribution in [0.2, 0.25) is 0 Å². The molecule has 7 nitrogen and oxygen atoms in total. The van der Waals surface area contributed by atoms with E-state index < -0.39 is 18.0 Å². The molecule has 0 saturated carbocycles. The second-order valence-electron chi connectivity index (χ2n) is 4.05. The second kappa shape index (κ2) is 14.8. The Balaban J connectivity index is -0.000000301. The summed E-state index contributed by atoms with van der Waals surface area (Å²) >= 11 is 0. The molecule has 1 rings (SSSR count). The van der Waals surface area contributed by atoms with Gasteiger partial charge in [-0.3, -0.25) is 4.79 Å². The topological polar surface area (TPSA) is 147 Å². The molecule has 7 N–H and O–H groups in total. The molecular weight excluding hydrogens is 391 g/mol. The summed E-state index contributed by atoms with van der Waals surface area (Å²) in [6.45, 7) is 0.604. The van der Waals surface area contributed by atoms with Crippen LogP contribution in [0.1, 0.15) is 29.6 Å². The van der Waals surface area contributed by atoms with Crippen molar-refractivity contribution in [3.05, 3.63) is 29.8 Å². The van der Waals surface area contributed by atoms with Crippen molar-refractivity contribution < 1.29 is 59.0 Å². The molecule has 22 heavy (non-hydrogen) atoms. The fraction of sp³-hybridized carbons (Fsp3) is 0.385. The van der Waals surface area contributed by atoms with E-state index in [9.17, 15) is 9.59 Å². The number of nitrogens with two attached hydrogens (primary N) is 2. The summed E-state index contributed by atoms with van der Waals surface area (Å²) in [5, 5.41) is 25.6. The number of para-hydroxylation sites is 1. The number of hydrogen-bond donors (Lipinski definition) is 5. The quantitative estimate of drug-likeness (QED) is 0.340. The van der Waals surface area contributed by atoms with Gasteiger partial charge in [0.05, 0.1) is 0 Å². The SMILES string of the molecule is NCCCCC(N)C(=O)O.O=C(O)c1ccccc1O.[Cu].[Cu]. The predicted octanol–water partition coefficient (Wildman–Crippen LogP) is 0.613. The van der Waals surface area contributed by atoms with Gasteiger partial charge in [-0.05, 0) is 31.5 Å². The maximum absolute atomic E-state index is 10.3. The third-order valence-corrected chi connectivity index (χ3v) is 2.42. The van der Waals surface area contributed by atoms with Crippen LogP contribution in [0.4, 0.5) is 0 Å². The summed E-state index contributed by atoms with van der Waals surface area (Å²) in [6, 6.07) is 5.10. The first kappa shape index (κ1) is 25.8. The van der Waals surface area contributed by atoms with Crippen LogP contribution >= 0.6 is 0 Å². The number of rotatable bonds is 6. The first-order chi connectivity index (χ1) is 9.40. The fourth-order valence-corrected chi connectivity index (χ4v) is 1.29. The van der Waals surface area contributed by atoms with Crippen molar-refractivity contribution in [2.45, 2.75) is 25.3 Å². The van der Waals surface area contributed by atoms with Crippen molar-refractivity contribution in [2.24, 2.45) is 11.5 Å². The summed E-state index contributed by atoms with van der Waals surface area (Å²) in [5.41, 5.74) is 10.4. The minimum absolute atomic E-state index is 0. The number of aromatic carboxylic acids is 1. The van der Waals surface area contributed by atoms with Crippen LogP contribution in [0.25, 0.3) is 0 Å². The maximum Gasteiger partial charge on any atom is 0.339 e. The summed E-state index contributed by atoms with van der Waals surface area (Å²) < 4.78 is 0.